The van der Waals surface area contributed by atoms with Gasteiger partial charge in [-0.3, -0.25) is 0 Å². The van der Waals surface area contributed by atoms with Crippen LogP contribution >= 0.6 is 0 Å². The maximum Gasteiger partial charge on any atom is 0.335 e. The summed E-state index contributed by atoms with van der Waals surface area (Å²) in [5.41, 5.74) is 4.51. The molecular formula is C29H36O6. The van der Waals surface area contributed by atoms with Crippen molar-refractivity contribution >= 4 is 11.9 Å². The molecule has 6 heteroatoms. The summed E-state index contributed by atoms with van der Waals surface area (Å²) in [6, 6.07) is 16.4. The Hall–Kier alpha value is -3.22. The Morgan fingerprint density at radius 2 is 1.40 bits per heavy atom. The van der Waals surface area contributed by atoms with Crippen LogP contribution in [0, 0.1) is 0 Å². The molecule has 0 bridgehead atoms. The first-order valence-electron chi connectivity index (χ1n) is 11.9. The van der Waals surface area contributed by atoms with Crippen molar-refractivity contribution in [2.24, 2.45) is 0 Å². The molecular weight excluding hydrogens is 444 g/mol. The molecule has 0 saturated heterocycles. The number of carbonyl (C=O) groups is 2. The number of rotatable bonds is 15. The van der Waals surface area contributed by atoms with Gasteiger partial charge in [0.2, 0.25) is 0 Å². The molecule has 188 valence electrons. The summed E-state index contributed by atoms with van der Waals surface area (Å²) >= 11 is 0. The van der Waals surface area contributed by atoms with Gasteiger partial charge in [0.15, 0.2) is 0 Å². The van der Waals surface area contributed by atoms with Crippen molar-refractivity contribution in [1.29, 1.82) is 0 Å². The van der Waals surface area contributed by atoms with Gasteiger partial charge < -0.3 is 19.3 Å². The lowest BCUT2D eigenvalue weighted by Gasteiger charge is -2.19. The highest BCUT2D eigenvalue weighted by molar-refractivity contribution is 5.88. The fourth-order valence-corrected chi connectivity index (χ4v) is 3.49. The molecule has 1 N–H and O–H groups in total. The van der Waals surface area contributed by atoms with E-state index in [2.05, 4.69) is 44.3 Å². The van der Waals surface area contributed by atoms with Crippen molar-refractivity contribution in [3.05, 3.63) is 84.0 Å². The minimum atomic E-state index is -0.691. The molecule has 0 aromatic heterocycles. The molecule has 0 fully saturated rings. The molecule has 0 heterocycles. The summed E-state index contributed by atoms with van der Waals surface area (Å²) in [5.74, 6) is -1.67. The van der Waals surface area contributed by atoms with Gasteiger partial charge in [0.05, 0.1) is 30.3 Å². The SMILES string of the molecule is C=C(CO)C(=O)OCC(COC(=O)C(=C)COC)c1ccc(-c2ccc(CCCCC)cc2)cc1. The fourth-order valence-electron chi connectivity index (χ4n) is 3.49. The molecule has 0 radical (unpaired) electrons. The molecule has 6 nitrogen and oxygen atoms in total. The first kappa shape index (κ1) is 28.0. The monoisotopic (exact) mass is 480 g/mol. The predicted octanol–water partition coefficient (Wildman–Crippen LogP) is 5.01. The number of esters is 2. The summed E-state index contributed by atoms with van der Waals surface area (Å²) in [7, 11) is 1.47. The summed E-state index contributed by atoms with van der Waals surface area (Å²) in [4.78, 5) is 24.1. The van der Waals surface area contributed by atoms with E-state index in [1.807, 2.05) is 24.3 Å². The van der Waals surface area contributed by atoms with Crippen molar-refractivity contribution in [1.82, 2.24) is 0 Å². The Balaban J connectivity index is 2.11. The van der Waals surface area contributed by atoms with E-state index < -0.39 is 24.5 Å². The van der Waals surface area contributed by atoms with Crippen molar-refractivity contribution in [3.63, 3.8) is 0 Å². The topological polar surface area (TPSA) is 82.1 Å². The van der Waals surface area contributed by atoms with Crippen LogP contribution in [0.15, 0.2) is 72.8 Å². The van der Waals surface area contributed by atoms with Crippen LogP contribution in [0.2, 0.25) is 0 Å². The van der Waals surface area contributed by atoms with Gasteiger partial charge in [-0.05, 0) is 35.1 Å². The third kappa shape index (κ3) is 9.15. The number of unbranched alkanes of at least 4 members (excludes halogenated alkanes) is 2. The number of methoxy groups -OCH3 is 1. The van der Waals surface area contributed by atoms with Gasteiger partial charge in [0.25, 0.3) is 0 Å². The summed E-state index contributed by atoms with van der Waals surface area (Å²) in [6.45, 7) is 8.88. The lowest BCUT2D eigenvalue weighted by molar-refractivity contribution is -0.143. The number of hydrogen-bond acceptors (Lipinski definition) is 6. The Morgan fingerprint density at radius 1 is 0.857 bits per heavy atom. The molecule has 0 aliphatic rings. The Bertz CT molecular complexity index is 975. The van der Waals surface area contributed by atoms with Crippen LogP contribution in [0.3, 0.4) is 0 Å². The fraction of sp³-hybridized carbons (Fsp3) is 0.379. The number of carbonyl (C=O) groups excluding carboxylic acids is 2. The van der Waals surface area contributed by atoms with Crippen LogP contribution in [-0.4, -0.2) is 50.6 Å². The average molecular weight is 481 g/mol. The number of benzene rings is 2. The molecule has 0 aliphatic heterocycles. The van der Waals surface area contributed by atoms with Crippen molar-refractivity contribution in [3.8, 4) is 11.1 Å². The van der Waals surface area contributed by atoms with Crippen LogP contribution in [0.25, 0.3) is 11.1 Å². The lowest BCUT2D eigenvalue weighted by Crippen LogP contribution is -2.21. The van der Waals surface area contributed by atoms with Gasteiger partial charge in [-0.1, -0.05) is 81.5 Å². The maximum atomic E-state index is 12.2. The lowest BCUT2D eigenvalue weighted by atomic mass is 9.96. The van der Waals surface area contributed by atoms with Crippen LogP contribution < -0.4 is 0 Å². The molecule has 0 amide bonds. The van der Waals surface area contributed by atoms with E-state index >= 15 is 0 Å². The van der Waals surface area contributed by atoms with Gasteiger partial charge in [0, 0.05) is 7.11 Å². The van der Waals surface area contributed by atoms with Gasteiger partial charge in [0.1, 0.15) is 13.2 Å². The molecule has 35 heavy (non-hydrogen) atoms. The van der Waals surface area contributed by atoms with Crippen molar-refractivity contribution in [2.45, 2.75) is 38.5 Å². The molecule has 0 spiro atoms. The molecule has 2 rings (SSSR count). The Labute approximate surface area is 208 Å². The van der Waals surface area contributed by atoms with Crippen LogP contribution in [0.4, 0.5) is 0 Å². The standard InChI is InChI=1S/C29H36O6/c1-5-6-7-8-23-9-11-24(12-10-23)25-13-15-26(16-14-25)27(19-34-28(31)21(2)17-30)20-35-29(32)22(3)18-33-4/h9-16,27,30H,2-3,5-8,17-20H2,1,4H3. The second-order valence-electron chi connectivity index (χ2n) is 8.47. The largest absolute Gasteiger partial charge is 0.461 e. The number of aliphatic hydroxyl groups is 1. The third-order valence-electron chi connectivity index (χ3n) is 5.66. The minimum absolute atomic E-state index is 0.00769. The van der Waals surface area contributed by atoms with E-state index in [1.165, 1.54) is 31.9 Å². The highest BCUT2D eigenvalue weighted by Crippen LogP contribution is 2.25. The average Bonchev–Trinajstić information content (AvgIpc) is 2.88. The Kier molecular flexibility index (Phi) is 11.9. The molecule has 0 saturated carbocycles. The van der Waals surface area contributed by atoms with Gasteiger partial charge in [-0.25, -0.2) is 9.59 Å². The van der Waals surface area contributed by atoms with E-state index in [4.69, 9.17) is 19.3 Å². The van der Waals surface area contributed by atoms with Crippen LogP contribution in [0.5, 0.6) is 0 Å². The molecule has 1 atom stereocenters. The smallest absolute Gasteiger partial charge is 0.335 e. The van der Waals surface area contributed by atoms with Crippen molar-refractivity contribution in [2.75, 3.05) is 33.5 Å². The van der Waals surface area contributed by atoms with E-state index in [0.29, 0.717) is 0 Å². The van der Waals surface area contributed by atoms with Gasteiger partial charge >= 0.3 is 11.9 Å². The summed E-state index contributed by atoms with van der Waals surface area (Å²) in [6.07, 6.45) is 4.74. The zero-order chi connectivity index (χ0) is 25.6. The summed E-state index contributed by atoms with van der Waals surface area (Å²) < 4.78 is 15.6. The first-order valence-corrected chi connectivity index (χ1v) is 11.9. The second kappa shape index (κ2) is 14.9. The highest BCUT2D eigenvalue weighted by Gasteiger charge is 2.19. The normalized spacial score (nSPS) is 11.5. The van der Waals surface area contributed by atoms with E-state index in [0.717, 1.165) is 23.1 Å². The van der Waals surface area contributed by atoms with Crippen LogP contribution in [0.1, 0.15) is 43.2 Å². The quantitative estimate of drug-likeness (QED) is 0.219. The Morgan fingerprint density at radius 3 is 1.91 bits per heavy atom. The summed E-state index contributed by atoms with van der Waals surface area (Å²) in [5, 5.41) is 9.09. The number of ether oxygens (including phenoxy) is 3. The minimum Gasteiger partial charge on any atom is -0.461 e. The zero-order valence-electron chi connectivity index (χ0n) is 20.8. The van der Waals surface area contributed by atoms with Crippen molar-refractivity contribution < 1.29 is 28.9 Å². The van der Waals surface area contributed by atoms with Crippen LogP contribution in [-0.2, 0) is 30.2 Å². The van der Waals surface area contributed by atoms with E-state index in [9.17, 15) is 9.59 Å². The predicted molar refractivity (Wildman–Crippen MR) is 137 cm³/mol. The zero-order valence-corrected chi connectivity index (χ0v) is 20.8. The van der Waals surface area contributed by atoms with Gasteiger partial charge in [-0.15, -0.1) is 0 Å². The van der Waals surface area contributed by atoms with E-state index in [1.54, 1.807) is 0 Å². The number of aliphatic hydroxyl groups excluding tert-OH is 1. The second-order valence-corrected chi connectivity index (χ2v) is 8.47. The third-order valence-corrected chi connectivity index (χ3v) is 5.66. The molecule has 0 aliphatic carbocycles. The molecule has 2 aromatic carbocycles. The molecule has 2 aromatic rings. The number of aryl methyl sites for hydroxylation is 1. The van der Waals surface area contributed by atoms with Gasteiger partial charge in [-0.2, -0.15) is 0 Å². The highest BCUT2D eigenvalue weighted by atomic mass is 16.5. The number of hydrogen-bond donors (Lipinski definition) is 1. The first-order chi connectivity index (χ1) is 16.9. The molecule has 1 unspecified atom stereocenters. The van der Waals surface area contributed by atoms with E-state index in [-0.39, 0.29) is 31.0 Å². The maximum absolute atomic E-state index is 12.2.